The van der Waals surface area contributed by atoms with Crippen LogP contribution in [0.25, 0.3) is 0 Å². The third kappa shape index (κ3) is 3.93. The van der Waals surface area contributed by atoms with Crippen molar-refractivity contribution >= 4 is 37.8 Å². The molecule has 0 aliphatic carbocycles. The number of carboxylic acid groups (broad SMARTS) is 1. The van der Waals surface area contributed by atoms with Gasteiger partial charge in [-0.15, -0.1) is 0 Å². The molecule has 0 fully saturated rings. The zero-order valence-corrected chi connectivity index (χ0v) is 11.0. The van der Waals surface area contributed by atoms with Gasteiger partial charge in [-0.2, -0.15) is 0 Å². The quantitative estimate of drug-likeness (QED) is 0.887. The zero-order valence-electron chi connectivity index (χ0n) is 7.78. The van der Waals surface area contributed by atoms with Crippen LogP contribution in [0.3, 0.4) is 0 Å². The minimum Gasteiger partial charge on any atom is -0.481 e. The number of aliphatic carboxylic acids is 1. The van der Waals surface area contributed by atoms with Gasteiger partial charge >= 0.3 is 5.97 Å². The van der Waals surface area contributed by atoms with E-state index in [1.54, 1.807) is 12.1 Å². The van der Waals surface area contributed by atoms with Gasteiger partial charge in [-0.3, -0.25) is 4.79 Å². The average Bonchev–Trinajstić information content (AvgIpc) is 2.18. The Labute approximate surface area is 104 Å². The van der Waals surface area contributed by atoms with Crippen LogP contribution in [0.2, 0.25) is 0 Å². The Bertz CT molecular complexity index is 366. The lowest BCUT2D eigenvalue weighted by molar-refractivity contribution is -0.137. The number of hydrogen-bond acceptors (Lipinski definition) is 2. The maximum Gasteiger partial charge on any atom is 0.303 e. The van der Waals surface area contributed by atoms with E-state index in [1.807, 2.05) is 6.07 Å². The van der Waals surface area contributed by atoms with Crippen molar-refractivity contribution in [2.24, 2.45) is 0 Å². The van der Waals surface area contributed by atoms with E-state index in [0.29, 0.717) is 5.56 Å². The fourth-order valence-electron chi connectivity index (χ4n) is 1.15. The molecule has 1 unspecified atom stereocenters. The molecule has 82 valence electrons. The maximum atomic E-state index is 10.3. The van der Waals surface area contributed by atoms with Crippen molar-refractivity contribution in [3.8, 4) is 0 Å². The maximum absolute atomic E-state index is 10.3. The molecule has 0 spiro atoms. The first-order chi connectivity index (χ1) is 7.00. The van der Waals surface area contributed by atoms with Gasteiger partial charge in [-0.1, -0.05) is 6.07 Å². The lowest BCUT2D eigenvalue weighted by atomic mass is 10.1. The zero-order chi connectivity index (χ0) is 11.4. The molecular formula is C10H10Br2O3. The molecule has 0 aliphatic heterocycles. The van der Waals surface area contributed by atoms with Crippen molar-refractivity contribution in [2.75, 3.05) is 0 Å². The predicted octanol–water partition coefficient (Wildman–Crippen LogP) is 3.11. The van der Waals surface area contributed by atoms with Gasteiger partial charge in [-0.05, 0) is 56.0 Å². The summed E-state index contributed by atoms with van der Waals surface area (Å²) in [5, 5.41) is 18.2. The molecule has 0 aliphatic rings. The number of halogens is 2. The number of carbonyl (C=O) groups is 1. The largest absolute Gasteiger partial charge is 0.481 e. The third-order valence-electron chi connectivity index (χ3n) is 1.96. The Morgan fingerprint density at radius 3 is 2.53 bits per heavy atom. The number of aliphatic hydroxyl groups excluding tert-OH is 1. The second-order valence-corrected chi connectivity index (χ2v) is 4.83. The van der Waals surface area contributed by atoms with E-state index >= 15 is 0 Å². The van der Waals surface area contributed by atoms with Crippen LogP contribution in [0.1, 0.15) is 24.5 Å². The van der Waals surface area contributed by atoms with Crippen LogP contribution < -0.4 is 0 Å². The fraction of sp³-hybridized carbons (Fsp3) is 0.300. The van der Waals surface area contributed by atoms with Crippen LogP contribution in [-0.4, -0.2) is 16.2 Å². The molecule has 15 heavy (non-hydrogen) atoms. The minimum atomic E-state index is -0.898. The molecule has 0 saturated heterocycles. The van der Waals surface area contributed by atoms with Crippen molar-refractivity contribution in [1.29, 1.82) is 0 Å². The summed E-state index contributed by atoms with van der Waals surface area (Å²) in [5.74, 6) is -0.898. The van der Waals surface area contributed by atoms with Crippen molar-refractivity contribution in [3.63, 3.8) is 0 Å². The second-order valence-electron chi connectivity index (χ2n) is 3.12. The first-order valence-corrected chi connectivity index (χ1v) is 5.94. The summed E-state index contributed by atoms with van der Waals surface area (Å²) < 4.78 is 1.74. The van der Waals surface area contributed by atoms with Crippen LogP contribution in [0, 0.1) is 0 Å². The van der Waals surface area contributed by atoms with Crippen LogP contribution in [-0.2, 0) is 4.79 Å². The molecule has 0 heterocycles. The van der Waals surface area contributed by atoms with Gasteiger partial charge in [0.25, 0.3) is 0 Å². The van der Waals surface area contributed by atoms with Crippen LogP contribution >= 0.6 is 31.9 Å². The third-order valence-corrected chi connectivity index (χ3v) is 3.84. The molecule has 5 heteroatoms. The Morgan fingerprint density at radius 1 is 1.33 bits per heavy atom. The van der Waals surface area contributed by atoms with E-state index < -0.39 is 12.1 Å². The van der Waals surface area contributed by atoms with Gasteiger partial charge in [0.15, 0.2) is 0 Å². The summed E-state index contributed by atoms with van der Waals surface area (Å²) in [6.07, 6.45) is -0.538. The lowest BCUT2D eigenvalue weighted by Crippen LogP contribution is -2.02. The van der Waals surface area contributed by atoms with Crippen molar-refractivity contribution in [3.05, 3.63) is 32.7 Å². The van der Waals surface area contributed by atoms with Gasteiger partial charge in [0.2, 0.25) is 0 Å². The molecule has 1 aromatic carbocycles. The van der Waals surface area contributed by atoms with E-state index in [-0.39, 0.29) is 12.8 Å². The Hall–Kier alpha value is -0.390. The van der Waals surface area contributed by atoms with Gasteiger partial charge in [-0.25, -0.2) is 0 Å². The van der Waals surface area contributed by atoms with Crippen LogP contribution in [0.5, 0.6) is 0 Å². The number of aliphatic hydroxyl groups is 1. The fourth-order valence-corrected chi connectivity index (χ4v) is 1.79. The normalized spacial score (nSPS) is 12.5. The molecule has 1 atom stereocenters. The SMILES string of the molecule is O=C(O)CCC(O)c1ccc(Br)c(Br)c1. The number of hydrogen-bond donors (Lipinski definition) is 2. The van der Waals surface area contributed by atoms with Crippen molar-refractivity contribution < 1.29 is 15.0 Å². The molecular weight excluding hydrogens is 328 g/mol. The number of carboxylic acids is 1. The number of benzene rings is 1. The van der Waals surface area contributed by atoms with Gasteiger partial charge < -0.3 is 10.2 Å². The van der Waals surface area contributed by atoms with E-state index in [0.717, 1.165) is 8.95 Å². The highest BCUT2D eigenvalue weighted by molar-refractivity contribution is 9.13. The summed E-state index contributed by atoms with van der Waals surface area (Å²) in [7, 11) is 0. The first kappa shape index (κ1) is 12.7. The molecule has 0 radical (unpaired) electrons. The van der Waals surface area contributed by atoms with E-state index in [1.165, 1.54) is 0 Å². The molecule has 0 aromatic heterocycles. The topological polar surface area (TPSA) is 57.5 Å². The monoisotopic (exact) mass is 336 g/mol. The number of rotatable bonds is 4. The van der Waals surface area contributed by atoms with Crippen molar-refractivity contribution in [1.82, 2.24) is 0 Å². The van der Waals surface area contributed by atoms with Gasteiger partial charge in [0, 0.05) is 15.4 Å². The molecule has 0 amide bonds. The molecule has 0 bridgehead atoms. The summed E-state index contributed by atoms with van der Waals surface area (Å²) >= 11 is 6.64. The predicted molar refractivity (Wildman–Crippen MR) is 63.7 cm³/mol. The van der Waals surface area contributed by atoms with Crippen LogP contribution in [0.15, 0.2) is 27.1 Å². The van der Waals surface area contributed by atoms with Crippen LogP contribution in [0.4, 0.5) is 0 Å². The van der Waals surface area contributed by atoms with E-state index in [4.69, 9.17) is 5.11 Å². The van der Waals surface area contributed by atoms with E-state index in [2.05, 4.69) is 31.9 Å². The first-order valence-electron chi connectivity index (χ1n) is 4.35. The minimum absolute atomic E-state index is 0.0329. The Balaban J connectivity index is 2.69. The summed E-state index contributed by atoms with van der Waals surface area (Å²) in [5.41, 5.74) is 0.714. The Morgan fingerprint density at radius 2 is 2.00 bits per heavy atom. The molecule has 2 N–H and O–H groups in total. The lowest BCUT2D eigenvalue weighted by Gasteiger charge is -2.10. The average molecular weight is 338 g/mol. The highest BCUT2D eigenvalue weighted by Crippen LogP contribution is 2.27. The highest BCUT2D eigenvalue weighted by atomic mass is 79.9. The van der Waals surface area contributed by atoms with E-state index in [9.17, 15) is 9.90 Å². The molecule has 3 nitrogen and oxygen atoms in total. The smallest absolute Gasteiger partial charge is 0.303 e. The van der Waals surface area contributed by atoms with Crippen molar-refractivity contribution in [2.45, 2.75) is 18.9 Å². The summed E-state index contributed by atoms with van der Waals surface area (Å²) in [6, 6.07) is 5.35. The summed E-state index contributed by atoms with van der Waals surface area (Å²) in [6.45, 7) is 0. The second kappa shape index (κ2) is 5.63. The molecule has 1 aromatic rings. The molecule has 1 rings (SSSR count). The summed E-state index contributed by atoms with van der Waals surface area (Å²) in [4.78, 5) is 10.3. The Kier molecular flexibility index (Phi) is 4.76. The van der Waals surface area contributed by atoms with Gasteiger partial charge in [0.05, 0.1) is 6.10 Å². The molecule has 0 saturated carbocycles. The highest BCUT2D eigenvalue weighted by Gasteiger charge is 2.10. The standard InChI is InChI=1S/C10H10Br2O3/c11-7-2-1-6(5-8(7)12)9(13)3-4-10(14)15/h1-2,5,9,13H,3-4H2,(H,14,15). The van der Waals surface area contributed by atoms with Gasteiger partial charge in [0.1, 0.15) is 0 Å².